The fourth-order valence-corrected chi connectivity index (χ4v) is 3.65. The standard InChI is InChI=1S/C25H22N6O/c1-16-14-24(26-22-7-5-4-6-20(16)22)31-25(15-17(2)30-31)27-23-13-12-21(28-29-23)18-8-10-19(32-3)11-9-18/h4-15H,1-3H3,(H,27,29). The second-order valence-corrected chi connectivity index (χ2v) is 7.55. The monoisotopic (exact) mass is 422 g/mol. The first-order chi connectivity index (χ1) is 15.6. The zero-order valence-corrected chi connectivity index (χ0v) is 18.1. The molecule has 7 nitrogen and oxygen atoms in total. The van der Waals surface area contributed by atoms with Crippen LogP contribution in [0.5, 0.6) is 5.75 Å². The molecule has 2 aromatic carbocycles. The Balaban J connectivity index is 1.44. The molecule has 0 bridgehead atoms. The number of methoxy groups -OCH3 is 1. The number of pyridine rings is 1. The molecule has 0 atom stereocenters. The lowest BCUT2D eigenvalue weighted by Gasteiger charge is -2.11. The van der Waals surface area contributed by atoms with Gasteiger partial charge in [0.1, 0.15) is 11.6 Å². The third kappa shape index (κ3) is 3.76. The topological polar surface area (TPSA) is 77.8 Å². The minimum absolute atomic E-state index is 0.626. The second kappa shape index (κ2) is 8.11. The maximum absolute atomic E-state index is 5.21. The fraction of sp³-hybridized carbons (Fsp3) is 0.120. The van der Waals surface area contributed by atoms with E-state index in [1.807, 2.05) is 73.7 Å². The fourth-order valence-electron chi connectivity index (χ4n) is 3.65. The number of ether oxygens (including phenoxy) is 1. The van der Waals surface area contributed by atoms with Gasteiger partial charge in [0.2, 0.25) is 0 Å². The van der Waals surface area contributed by atoms with Gasteiger partial charge in [-0.1, -0.05) is 18.2 Å². The summed E-state index contributed by atoms with van der Waals surface area (Å²) in [5, 5.41) is 17.8. The van der Waals surface area contributed by atoms with Crippen LogP contribution in [0.2, 0.25) is 0 Å². The van der Waals surface area contributed by atoms with E-state index >= 15 is 0 Å². The molecule has 0 saturated heterocycles. The zero-order chi connectivity index (χ0) is 22.1. The zero-order valence-electron chi connectivity index (χ0n) is 18.1. The van der Waals surface area contributed by atoms with Gasteiger partial charge >= 0.3 is 0 Å². The maximum Gasteiger partial charge on any atom is 0.156 e. The van der Waals surface area contributed by atoms with E-state index in [-0.39, 0.29) is 0 Å². The van der Waals surface area contributed by atoms with Crippen molar-refractivity contribution in [3.8, 4) is 22.8 Å². The number of nitrogens with zero attached hydrogens (tertiary/aromatic N) is 5. The molecular weight excluding hydrogens is 400 g/mol. The van der Waals surface area contributed by atoms with Crippen LogP contribution in [0.15, 0.2) is 72.8 Å². The first kappa shape index (κ1) is 19.7. The minimum atomic E-state index is 0.626. The molecular formula is C25H22N6O. The molecule has 0 radical (unpaired) electrons. The predicted octanol–water partition coefficient (Wildman–Crippen LogP) is 5.25. The van der Waals surface area contributed by atoms with Crippen molar-refractivity contribution in [2.24, 2.45) is 0 Å². The van der Waals surface area contributed by atoms with Crippen LogP contribution in [-0.4, -0.2) is 32.1 Å². The van der Waals surface area contributed by atoms with Gasteiger partial charge in [-0.25, -0.2) is 4.98 Å². The molecule has 0 spiro atoms. The molecule has 1 N–H and O–H groups in total. The summed E-state index contributed by atoms with van der Waals surface area (Å²) in [6, 6.07) is 23.7. The number of aryl methyl sites for hydroxylation is 2. The largest absolute Gasteiger partial charge is 0.497 e. The summed E-state index contributed by atoms with van der Waals surface area (Å²) < 4.78 is 7.01. The Kier molecular flexibility index (Phi) is 4.99. The Morgan fingerprint density at radius 2 is 1.69 bits per heavy atom. The highest BCUT2D eigenvalue weighted by Crippen LogP contribution is 2.25. The number of rotatable bonds is 5. The number of anilines is 2. The van der Waals surface area contributed by atoms with Crippen LogP contribution in [0.25, 0.3) is 28.0 Å². The van der Waals surface area contributed by atoms with Crippen molar-refractivity contribution in [1.29, 1.82) is 0 Å². The SMILES string of the molecule is COc1ccc(-c2ccc(Nc3cc(C)nn3-c3cc(C)c4ccccc4n3)nn2)cc1. The lowest BCUT2D eigenvalue weighted by Crippen LogP contribution is -2.06. The predicted molar refractivity (Wildman–Crippen MR) is 126 cm³/mol. The number of hydrogen-bond acceptors (Lipinski definition) is 6. The summed E-state index contributed by atoms with van der Waals surface area (Å²) in [5.41, 5.74) is 4.72. The number of fused-ring (bicyclic) bond motifs is 1. The van der Waals surface area contributed by atoms with Gasteiger partial charge in [-0.3, -0.25) is 0 Å². The second-order valence-electron chi connectivity index (χ2n) is 7.55. The summed E-state index contributed by atoms with van der Waals surface area (Å²) in [4.78, 5) is 4.80. The van der Waals surface area contributed by atoms with Gasteiger partial charge in [-0.05, 0) is 67.9 Å². The lowest BCUT2D eigenvalue weighted by molar-refractivity contribution is 0.415. The third-order valence-electron chi connectivity index (χ3n) is 5.26. The van der Waals surface area contributed by atoms with Gasteiger partial charge < -0.3 is 10.1 Å². The van der Waals surface area contributed by atoms with Crippen LogP contribution in [-0.2, 0) is 0 Å². The average molecular weight is 422 g/mol. The van der Waals surface area contributed by atoms with Gasteiger partial charge in [-0.15, -0.1) is 10.2 Å². The maximum atomic E-state index is 5.21. The number of benzene rings is 2. The third-order valence-corrected chi connectivity index (χ3v) is 5.26. The molecule has 3 aromatic heterocycles. The molecule has 7 heteroatoms. The summed E-state index contributed by atoms with van der Waals surface area (Å²) in [7, 11) is 1.65. The molecule has 32 heavy (non-hydrogen) atoms. The molecule has 5 rings (SSSR count). The molecule has 0 saturated carbocycles. The summed E-state index contributed by atoms with van der Waals surface area (Å²) in [6.07, 6.45) is 0. The molecule has 0 aliphatic rings. The molecule has 158 valence electrons. The van der Waals surface area contributed by atoms with Crippen molar-refractivity contribution >= 4 is 22.5 Å². The van der Waals surface area contributed by atoms with Crippen LogP contribution in [0.3, 0.4) is 0 Å². The smallest absolute Gasteiger partial charge is 0.156 e. The molecule has 0 aliphatic carbocycles. The van der Waals surface area contributed by atoms with Crippen molar-refractivity contribution in [2.75, 3.05) is 12.4 Å². The van der Waals surface area contributed by atoms with E-state index in [4.69, 9.17) is 9.72 Å². The van der Waals surface area contributed by atoms with Crippen LogP contribution >= 0.6 is 0 Å². The average Bonchev–Trinajstić information content (AvgIpc) is 3.19. The molecule has 0 fully saturated rings. The van der Waals surface area contributed by atoms with E-state index in [2.05, 4.69) is 33.6 Å². The van der Waals surface area contributed by atoms with Gasteiger partial charge in [0.25, 0.3) is 0 Å². The highest BCUT2D eigenvalue weighted by Gasteiger charge is 2.12. The van der Waals surface area contributed by atoms with Crippen LogP contribution in [0.1, 0.15) is 11.3 Å². The highest BCUT2D eigenvalue weighted by atomic mass is 16.5. The Bertz CT molecular complexity index is 1390. The van der Waals surface area contributed by atoms with Crippen molar-refractivity contribution in [3.05, 3.63) is 84.1 Å². The first-order valence-electron chi connectivity index (χ1n) is 10.3. The molecule has 0 unspecified atom stereocenters. The van der Waals surface area contributed by atoms with Crippen molar-refractivity contribution in [3.63, 3.8) is 0 Å². The Hall–Kier alpha value is -4.26. The number of hydrogen-bond donors (Lipinski definition) is 1. The van der Waals surface area contributed by atoms with E-state index in [9.17, 15) is 0 Å². The summed E-state index contributed by atoms with van der Waals surface area (Å²) >= 11 is 0. The Morgan fingerprint density at radius 1 is 0.875 bits per heavy atom. The van der Waals surface area contributed by atoms with Crippen LogP contribution < -0.4 is 10.1 Å². The Morgan fingerprint density at radius 3 is 2.44 bits per heavy atom. The van der Waals surface area contributed by atoms with Crippen molar-refractivity contribution in [2.45, 2.75) is 13.8 Å². The Labute approximate surface area is 185 Å². The lowest BCUT2D eigenvalue weighted by atomic mass is 10.1. The van der Waals surface area contributed by atoms with Crippen LogP contribution in [0.4, 0.5) is 11.6 Å². The van der Waals surface area contributed by atoms with E-state index in [0.29, 0.717) is 5.82 Å². The van der Waals surface area contributed by atoms with Gasteiger partial charge in [0, 0.05) is 17.0 Å². The van der Waals surface area contributed by atoms with E-state index in [1.54, 1.807) is 11.8 Å². The van der Waals surface area contributed by atoms with E-state index < -0.39 is 0 Å². The molecule has 0 amide bonds. The molecule has 5 aromatic rings. The molecule has 3 heterocycles. The molecule has 0 aliphatic heterocycles. The van der Waals surface area contributed by atoms with Crippen LogP contribution in [0, 0.1) is 13.8 Å². The summed E-state index contributed by atoms with van der Waals surface area (Å²) in [5.74, 6) is 2.96. The number of aromatic nitrogens is 5. The number of para-hydroxylation sites is 1. The minimum Gasteiger partial charge on any atom is -0.497 e. The van der Waals surface area contributed by atoms with E-state index in [1.165, 1.54) is 0 Å². The van der Waals surface area contributed by atoms with E-state index in [0.717, 1.165) is 50.8 Å². The normalized spacial score (nSPS) is 11.0. The number of nitrogens with one attached hydrogen (secondary N) is 1. The van der Waals surface area contributed by atoms with Crippen molar-refractivity contribution in [1.82, 2.24) is 25.0 Å². The summed E-state index contributed by atoms with van der Waals surface area (Å²) in [6.45, 7) is 4.04. The van der Waals surface area contributed by atoms with Gasteiger partial charge in [0.15, 0.2) is 11.6 Å². The van der Waals surface area contributed by atoms with Crippen molar-refractivity contribution < 1.29 is 4.74 Å². The van der Waals surface area contributed by atoms with Gasteiger partial charge in [-0.2, -0.15) is 9.78 Å². The quantitative estimate of drug-likeness (QED) is 0.417. The van der Waals surface area contributed by atoms with Gasteiger partial charge in [0.05, 0.1) is 24.0 Å². The highest BCUT2D eigenvalue weighted by molar-refractivity contribution is 5.83. The first-order valence-corrected chi connectivity index (χ1v) is 10.3.